The number of phosphoric ester groups is 3. The van der Waals surface area contributed by atoms with Crippen molar-refractivity contribution < 1.29 is 68.3 Å². The highest BCUT2D eigenvalue weighted by molar-refractivity contribution is 7.49. The monoisotopic (exact) mass is 808 g/mol. The first-order valence-electron chi connectivity index (χ1n) is 18.0. The third-order valence-electron chi connectivity index (χ3n) is 10.6. The largest absolute Gasteiger partial charge is 0.475 e. The third kappa shape index (κ3) is 7.51. The summed E-state index contributed by atoms with van der Waals surface area (Å²) in [6, 6.07) is 21.6. The Bertz CT molecular complexity index is 1920. The van der Waals surface area contributed by atoms with Crippen molar-refractivity contribution in [2.24, 2.45) is 0 Å². The highest BCUT2D eigenvalue weighted by Gasteiger charge is 2.66. The molecule has 6 aliphatic rings. The summed E-state index contributed by atoms with van der Waals surface area (Å²) in [6.07, 6.45) is -6.97. The standard InChI is InChI=1S/C36H40FO14P3/c37-30-31(49-52(38)41-18-24-10-2-3-11-25(24)19-42-52)33-34(48-36(47-33)16-8-1-9-17-36)35(51-54(40)45-22-28-14-6-7-15-29(28)23-46-54)32(30)50-53(39)43-20-26-12-4-5-13-27(26)21-44-53/h2-7,10-15,30-35H,1,8-9,16-23H2/t30-,31-,32+,33-,34-,35-/m0/s1. The van der Waals surface area contributed by atoms with E-state index in [4.69, 9.17) is 50.2 Å². The van der Waals surface area contributed by atoms with Gasteiger partial charge < -0.3 is 9.47 Å². The second kappa shape index (κ2) is 15.0. The molecular formula is C36H40FO14P3. The van der Waals surface area contributed by atoms with Gasteiger partial charge in [0, 0.05) is 12.8 Å². The summed E-state index contributed by atoms with van der Waals surface area (Å²) in [5.74, 6) is -1.21. The maximum absolute atomic E-state index is 17.6. The molecule has 0 radical (unpaired) electrons. The average molecular weight is 809 g/mol. The Balaban J connectivity index is 1.07. The Morgan fingerprint density at radius 2 is 0.796 bits per heavy atom. The van der Waals surface area contributed by atoms with Crippen LogP contribution in [0.4, 0.5) is 4.39 Å². The molecule has 1 saturated heterocycles. The van der Waals surface area contributed by atoms with E-state index < -0.39 is 65.9 Å². The Morgan fingerprint density at radius 3 is 1.17 bits per heavy atom. The van der Waals surface area contributed by atoms with E-state index in [0.717, 1.165) is 41.5 Å². The smallest absolute Gasteiger partial charge is 0.341 e. The molecule has 2 aliphatic carbocycles. The molecule has 4 heterocycles. The van der Waals surface area contributed by atoms with Crippen molar-refractivity contribution in [1.29, 1.82) is 0 Å². The summed E-state index contributed by atoms with van der Waals surface area (Å²) < 4.78 is 126. The minimum Gasteiger partial charge on any atom is -0.341 e. The maximum atomic E-state index is 17.6. The maximum Gasteiger partial charge on any atom is 0.475 e. The van der Waals surface area contributed by atoms with Gasteiger partial charge in [0.1, 0.15) is 30.5 Å². The van der Waals surface area contributed by atoms with Gasteiger partial charge in [-0.15, -0.1) is 0 Å². The quantitative estimate of drug-likeness (QED) is 0.219. The summed E-state index contributed by atoms with van der Waals surface area (Å²) in [4.78, 5) is 0. The van der Waals surface area contributed by atoms with Crippen molar-refractivity contribution in [3.63, 3.8) is 0 Å². The molecule has 2 saturated carbocycles. The molecule has 4 aliphatic heterocycles. The summed E-state index contributed by atoms with van der Waals surface area (Å²) >= 11 is 0. The summed E-state index contributed by atoms with van der Waals surface area (Å²) in [7, 11) is -13.6. The van der Waals surface area contributed by atoms with E-state index in [1.165, 1.54) is 0 Å². The predicted octanol–water partition coefficient (Wildman–Crippen LogP) is 8.50. The number of benzene rings is 3. The molecule has 3 fully saturated rings. The van der Waals surface area contributed by atoms with E-state index in [0.29, 0.717) is 24.0 Å². The van der Waals surface area contributed by atoms with Crippen LogP contribution in [0.1, 0.15) is 65.5 Å². The van der Waals surface area contributed by atoms with Crippen molar-refractivity contribution in [2.75, 3.05) is 0 Å². The molecule has 290 valence electrons. The van der Waals surface area contributed by atoms with Crippen molar-refractivity contribution in [1.82, 2.24) is 0 Å². The highest BCUT2D eigenvalue weighted by atomic mass is 31.2. The number of hydrogen-bond acceptors (Lipinski definition) is 14. The van der Waals surface area contributed by atoms with Gasteiger partial charge in [-0.05, 0) is 46.2 Å². The van der Waals surface area contributed by atoms with Gasteiger partial charge in [-0.25, -0.2) is 18.1 Å². The van der Waals surface area contributed by atoms with E-state index >= 15 is 4.39 Å². The van der Waals surface area contributed by atoms with Crippen LogP contribution in [0.3, 0.4) is 0 Å². The van der Waals surface area contributed by atoms with Crippen molar-refractivity contribution in [2.45, 2.75) is 114 Å². The molecule has 0 bridgehead atoms. The highest BCUT2D eigenvalue weighted by Crippen LogP contribution is 2.63. The number of halogens is 1. The molecule has 0 N–H and O–H groups in total. The fourth-order valence-electron chi connectivity index (χ4n) is 7.74. The van der Waals surface area contributed by atoms with Crippen LogP contribution >= 0.6 is 23.5 Å². The van der Waals surface area contributed by atoms with Gasteiger partial charge in [0.15, 0.2) is 12.0 Å². The number of hydrogen-bond donors (Lipinski definition) is 0. The molecule has 3 aromatic carbocycles. The second-order valence-corrected chi connectivity index (χ2v) is 18.9. The van der Waals surface area contributed by atoms with E-state index in [-0.39, 0.29) is 39.6 Å². The molecule has 0 amide bonds. The predicted molar refractivity (Wildman–Crippen MR) is 186 cm³/mol. The molecule has 14 nitrogen and oxygen atoms in total. The zero-order valence-corrected chi connectivity index (χ0v) is 31.8. The van der Waals surface area contributed by atoms with Crippen molar-refractivity contribution >= 4 is 23.5 Å². The zero-order chi connectivity index (χ0) is 37.0. The van der Waals surface area contributed by atoms with E-state index in [2.05, 4.69) is 0 Å². The lowest BCUT2D eigenvalue weighted by atomic mass is 9.86. The topological polar surface area (TPSA) is 153 Å². The minimum atomic E-state index is -4.60. The van der Waals surface area contributed by atoms with Gasteiger partial charge >= 0.3 is 23.5 Å². The first kappa shape index (κ1) is 37.4. The van der Waals surface area contributed by atoms with Gasteiger partial charge in [-0.2, -0.15) is 0 Å². The average Bonchev–Trinajstić information content (AvgIpc) is 3.28. The fourth-order valence-corrected chi connectivity index (χ4v) is 11.7. The van der Waals surface area contributed by atoms with Crippen LogP contribution < -0.4 is 0 Å². The second-order valence-electron chi connectivity index (χ2n) is 14.1. The molecule has 3 aromatic rings. The van der Waals surface area contributed by atoms with Crippen molar-refractivity contribution in [3.8, 4) is 0 Å². The summed E-state index contributed by atoms with van der Waals surface area (Å²) in [6.45, 7) is -0.856. The van der Waals surface area contributed by atoms with E-state index in [9.17, 15) is 13.7 Å². The van der Waals surface area contributed by atoms with Gasteiger partial charge in [0.2, 0.25) is 0 Å². The summed E-state index contributed by atoms with van der Waals surface area (Å²) in [5, 5.41) is 0. The minimum absolute atomic E-state index is 0.129. The molecule has 1 spiro atoms. The van der Waals surface area contributed by atoms with Crippen LogP contribution in [-0.4, -0.2) is 42.5 Å². The lowest BCUT2D eigenvalue weighted by molar-refractivity contribution is -0.202. The number of ether oxygens (including phenoxy) is 2. The SMILES string of the molecule is O=P1(O[C@@H]2[C@H]3OC4(CCCCC4)O[C@H]3[C@@H](OP3(=O)OCc4ccccc4CO3)[C@H](F)[C@H]2OP2(=O)OCc3ccccc3CO2)OCc2ccccc2CO1. The molecule has 6 atom stereocenters. The Labute approximate surface area is 311 Å². The van der Waals surface area contributed by atoms with E-state index in [1.54, 1.807) is 48.5 Å². The van der Waals surface area contributed by atoms with Gasteiger partial charge in [0.25, 0.3) is 0 Å². The van der Waals surface area contributed by atoms with Crippen LogP contribution in [-0.2, 0) is 104 Å². The molecule has 0 unspecified atom stereocenters. The first-order chi connectivity index (χ1) is 26.1. The Hall–Kier alpha value is -2.16. The molecule has 54 heavy (non-hydrogen) atoms. The third-order valence-corrected chi connectivity index (χ3v) is 14.8. The lowest BCUT2D eigenvalue weighted by Crippen LogP contribution is -2.62. The zero-order valence-electron chi connectivity index (χ0n) is 29.1. The number of alkyl halides is 1. The van der Waals surface area contributed by atoms with Gasteiger partial charge in [-0.1, -0.05) is 79.2 Å². The normalized spacial score (nSPS) is 32.2. The van der Waals surface area contributed by atoms with Crippen LogP contribution in [0.2, 0.25) is 0 Å². The van der Waals surface area contributed by atoms with Crippen molar-refractivity contribution in [3.05, 3.63) is 106 Å². The number of phosphoric acid groups is 3. The van der Waals surface area contributed by atoms with Gasteiger partial charge in [0.05, 0.1) is 39.6 Å². The molecule has 9 rings (SSSR count). The number of fused-ring (bicyclic) bond motifs is 4. The molecular weight excluding hydrogens is 768 g/mol. The van der Waals surface area contributed by atoms with Crippen LogP contribution in [0, 0.1) is 0 Å². The first-order valence-corrected chi connectivity index (χ1v) is 22.4. The van der Waals surface area contributed by atoms with Crippen LogP contribution in [0.25, 0.3) is 0 Å². The van der Waals surface area contributed by atoms with Crippen LogP contribution in [0.15, 0.2) is 72.8 Å². The molecule has 0 aromatic heterocycles. The van der Waals surface area contributed by atoms with Crippen LogP contribution in [0.5, 0.6) is 0 Å². The number of rotatable bonds is 6. The Kier molecular flexibility index (Phi) is 10.4. The van der Waals surface area contributed by atoms with Gasteiger partial charge in [-0.3, -0.25) is 40.7 Å². The van der Waals surface area contributed by atoms with E-state index in [1.807, 2.05) is 24.3 Å². The fraction of sp³-hybridized carbons (Fsp3) is 0.500. The Morgan fingerprint density at radius 1 is 0.481 bits per heavy atom. The summed E-state index contributed by atoms with van der Waals surface area (Å²) in [5.41, 5.74) is 4.31. The lowest BCUT2D eigenvalue weighted by Gasteiger charge is -2.44. The molecule has 18 heteroatoms.